The number of phenols is 1. The summed E-state index contributed by atoms with van der Waals surface area (Å²) in [7, 11) is 0. The lowest BCUT2D eigenvalue weighted by Gasteiger charge is -2.03. The summed E-state index contributed by atoms with van der Waals surface area (Å²) in [5.74, 6) is -0.549. The van der Waals surface area contributed by atoms with Gasteiger partial charge >= 0.3 is 0 Å². The van der Waals surface area contributed by atoms with Crippen molar-refractivity contribution in [1.82, 2.24) is 0 Å². The monoisotopic (exact) mass is 326 g/mol. The van der Waals surface area contributed by atoms with Gasteiger partial charge in [-0.15, -0.1) is 11.8 Å². The number of amides is 1. The van der Waals surface area contributed by atoms with Crippen LogP contribution in [0.15, 0.2) is 62.8 Å². The van der Waals surface area contributed by atoms with Crippen molar-refractivity contribution < 1.29 is 14.3 Å². The molecule has 6 heteroatoms. The Morgan fingerprint density at radius 3 is 2.78 bits per heavy atom. The van der Waals surface area contributed by atoms with Gasteiger partial charge in [0.2, 0.25) is 5.55 Å². The predicted octanol–water partition coefficient (Wildman–Crippen LogP) is 3.19. The highest BCUT2D eigenvalue weighted by molar-refractivity contribution is 7.98. The van der Waals surface area contributed by atoms with Crippen LogP contribution >= 0.6 is 11.8 Å². The molecule has 0 saturated heterocycles. The van der Waals surface area contributed by atoms with Crippen molar-refractivity contribution in [2.45, 2.75) is 4.90 Å². The molecule has 23 heavy (non-hydrogen) atoms. The largest absolute Gasteiger partial charge is 0.508 e. The van der Waals surface area contributed by atoms with Crippen LogP contribution in [0.3, 0.4) is 0 Å². The number of phenolic OH excluding ortho intramolecular Hbond substituents is 1. The van der Waals surface area contributed by atoms with Crippen LogP contribution in [0.2, 0.25) is 0 Å². The van der Waals surface area contributed by atoms with Crippen molar-refractivity contribution in [1.29, 1.82) is 0 Å². The van der Waals surface area contributed by atoms with Gasteiger partial charge in [0.05, 0.1) is 5.69 Å². The lowest BCUT2D eigenvalue weighted by Crippen LogP contribution is -2.21. The molecular weight excluding hydrogens is 312 g/mol. The van der Waals surface area contributed by atoms with E-state index in [9.17, 15) is 9.90 Å². The standard InChI is InChI=1S/C17H14N2O3S/c1-23-13-4-2-3-11(8-13)19-17-14(16(18)21)7-10-5-6-12(20)9-15(10)22-17/h2-9,20H,1H3,(H2,18,21). The smallest absolute Gasteiger partial charge is 0.254 e. The normalized spacial score (nSPS) is 11.8. The maximum absolute atomic E-state index is 11.7. The molecule has 0 unspecified atom stereocenters. The minimum absolute atomic E-state index is 0.0726. The molecule has 3 N–H and O–H groups in total. The first-order valence-corrected chi connectivity index (χ1v) is 8.05. The molecule has 1 heterocycles. The highest BCUT2D eigenvalue weighted by Crippen LogP contribution is 2.22. The van der Waals surface area contributed by atoms with Gasteiger partial charge in [-0.2, -0.15) is 0 Å². The SMILES string of the molecule is CSc1cccc(N=c2oc3cc(O)ccc3cc2C(N)=O)c1. The number of benzene rings is 2. The zero-order chi connectivity index (χ0) is 16.4. The summed E-state index contributed by atoms with van der Waals surface area (Å²) in [6.45, 7) is 0. The number of carbonyl (C=O) groups excluding carboxylic acids is 1. The molecule has 0 atom stereocenters. The molecule has 0 aliphatic rings. The molecule has 0 aliphatic heterocycles. The first kappa shape index (κ1) is 15.2. The number of hydrogen-bond acceptors (Lipinski definition) is 5. The van der Waals surface area contributed by atoms with Gasteiger partial charge < -0.3 is 15.3 Å². The fourth-order valence-electron chi connectivity index (χ4n) is 2.16. The molecule has 2 aromatic carbocycles. The molecule has 116 valence electrons. The van der Waals surface area contributed by atoms with E-state index in [1.165, 1.54) is 12.1 Å². The Morgan fingerprint density at radius 1 is 1.22 bits per heavy atom. The second-order valence-corrected chi connectivity index (χ2v) is 5.74. The number of nitrogens with two attached hydrogens (primary N) is 1. The number of carbonyl (C=O) groups is 1. The first-order chi connectivity index (χ1) is 11.1. The second-order valence-electron chi connectivity index (χ2n) is 4.86. The Kier molecular flexibility index (Phi) is 4.08. The molecule has 0 aliphatic carbocycles. The molecule has 0 radical (unpaired) electrons. The average Bonchev–Trinajstić information content (AvgIpc) is 2.54. The van der Waals surface area contributed by atoms with Crippen molar-refractivity contribution in [2.24, 2.45) is 10.7 Å². The van der Waals surface area contributed by atoms with Crippen LogP contribution in [-0.4, -0.2) is 17.3 Å². The van der Waals surface area contributed by atoms with E-state index in [0.29, 0.717) is 16.7 Å². The maximum atomic E-state index is 11.7. The van der Waals surface area contributed by atoms with E-state index in [4.69, 9.17) is 10.2 Å². The van der Waals surface area contributed by atoms with Gasteiger partial charge in [-0.05, 0) is 42.7 Å². The number of aromatic hydroxyl groups is 1. The molecule has 1 aromatic heterocycles. The van der Waals surface area contributed by atoms with Crippen LogP contribution in [-0.2, 0) is 0 Å². The summed E-state index contributed by atoms with van der Waals surface area (Å²) in [6.07, 6.45) is 1.97. The van der Waals surface area contributed by atoms with Crippen LogP contribution in [0.5, 0.6) is 5.75 Å². The van der Waals surface area contributed by atoms with Gasteiger partial charge in [-0.3, -0.25) is 4.79 Å². The summed E-state index contributed by atoms with van der Waals surface area (Å²) < 4.78 is 5.68. The van der Waals surface area contributed by atoms with Crippen molar-refractivity contribution in [3.8, 4) is 5.75 Å². The van der Waals surface area contributed by atoms with Crippen LogP contribution in [0.4, 0.5) is 5.69 Å². The third-order valence-corrected chi connectivity index (χ3v) is 4.01. The molecule has 5 nitrogen and oxygen atoms in total. The van der Waals surface area contributed by atoms with E-state index in [0.717, 1.165) is 4.90 Å². The quantitative estimate of drug-likeness (QED) is 0.723. The van der Waals surface area contributed by atoms with Gasteiger partial charge in [-0.25, -0.2) is 4.99 Å². The topological polar surface area (TPSA) is 88.8 Å². The molecular formula is C17H14N2O3S. The number of fused-ring (bicyclic) bond motifs is 1. The Morgan fingerprint density at radius 2 is 2.04 bits per heavy atom. The molecule has 0 saturated carbocycles. The van der Waals surface area contributed by atoms with Gasteiger partial charge in [0.25, 0.3) is 5.91 Å². The lowest BCUT2D eigenvalue weighted by molar-refractivity contribution is 0.0996. The number of rotatable bonds is 3. The summed E-state index contributed by atoms with van der Waals surface area (Å²) >= 11 is 1.59. The van der Waals surface area contributed by atoms with Gasteiger partial charge in [-0.1, -0.05) is 6.07 Å². The fraction of sp³-hybridized carbons (Fsp3) is 0.0588. The van der Waals surface area contributed by atoms with Crippen molar-refractivity contribution in [2.75, 3.05) is 6.26 Å². The first-order valence-electron chi connectivity index (χ1n) is 6.82. The van der Waals surface area contributed by atoms with Crippen LogP contribution < -0.4 is 11.3 Å². The molecule has 3 rings (SSSR count). The summed E-state index contributed by atoms with van der Waals surface area (Å²) in [5, 5.41) is 10.2. The summed E-state index contributed by atoms with van der Waals surface area (Å²) in [6, 6.07) is 13.8. The second kappa shape index (κ2) is 6.18. The summed E-state index contributed by atoms with van der Waals surface area (Å²) in [4.78, 5) is 17.1. The van der Waals surface area contributed by atoms with Crippen molar-refractivity contribution in [3.05, 3.63) is 59.6 Å². The van der Waals surface area contributed by atoms with E-state index >= 15 is 0 Å². The van der Waals surface area contributed by atoms with Gasteiger partial charge in [0.15, 0.2) is 0 Å². The number of primary amides is 1. The van der Waals surface area contributed by atoms with Crippen molar-refractivity contribution in [3.63, 3.8) is 0 Å². The molecule has 3 aromatic rings. The Labute approximate surface area is 136 Å². The van der Waals surface area contributed by atoms with Crippen LogP contribution in [0.1, 0.15) is 10.4 Å². The zero-order valence-electron chi connectivity index (χ0n) is 12.3. The summed E-state index contributed by atoms with van der Waals surface area (Å²) in [5.41, 5.74) is 6.83. The number of hydrogen-bond donors (Lipinski definition) is 2. The van der Waals surface area contributed by atoms with E-state index in [2.05, 4.69) is 4.99 Å². The predicted molar refractivity (Wildman–Crippen MR) is 89.8 cm³/mol. The molecule has 0 fully saturated rings. The van der Waals surface area contributed by atoms with E-state index in [1.54, 1.807) is 23.9 Å². The highest BCUT2D eigenvalue weighted by Gasteiger charge is 2.10. The van der Waals surface area contributed by atoms with Crippen LogP contribution in [0.25, 0.3) is 11.0 Å². The van der Waals surface area contributed by atoms with Crippen molar-refractivity contribution >= 4 is 34.3 Å². The number of nitrogens with zero attached hydrogens (tertiary/aromatic N) is 1. The van der Waals surface area contributed by atoms with E-state index in [1.807, 2.05) is 30.5 Å². The Hall–Kier alpha value is -2.73. The molecule has 1 amide bonds. The minimum atomic E-state index is -0.622. The maximum Gasteiger partial charge on any atom is 0.254 e. The Bertz CT molecular complexity index is 963. The molecule has 0 spiro atoms. The minimum Gasteiger partial charge on any atom is -0.508 e. The van der Waals surface area contributed by atoms with Gasteiger partial charge in [0.1, 0.15) is 16.9 Å². The third kappa shape index (κ3) is 3.22. The lowest BCUT2D eigenvalue weighted by atomic mass is 10.1. The van der Waals surface area contributed by atoms with E-state index in [-0.39, 0.29) is 16.9 Å². The fourth-order valence-corrected chi connectivity index (χ4v) is 2.62. The zero-order valence-corrected chi connectivity index (χ0v) is 13.1. The Balaban J connectivity index is 2.26. The van der Waals surface area contributed by atoms with Gasteiger partial charge in [0, 0.05) is 16.3 Å². The average molecular weight is 326 g/mol. The van der Waals surface area contributed by atoms with Crippen LogP contribution in [0, 0.1) is 0 Å². The number of thioether (sulfide) groups is 1. The van der Waals surface area contributed by atoms with E-state index < -0.39 is 5.91 Å². The molecule has 0 bridgehead atoms. The third-order valence-electron chi connectivity index (χ3n) is 3.28. The highest BCUT2D eigenvalue weighted by atomic mass is 32.2.